The van der Waals surface area contributed by atoms with E-state index in [-0.39, 0.29) is 5.91 Å². The summed E-state index contributed by atoms with van der Waals surface area (Å²) in [6, 6.07) is 9.04. The number of carbonyl (C=O) groups is 1. The number of H-pyrrole nitrogens is 1. The van der Waals surface area contributed by atoms with Crippen LogP contribution in [0.15, 0.2) is 62.1 Å². The molecule has 0 unspecified atom stereocenters. The fourth-order valence-corrected chi connectivity index (χ4v) is 2.73. The molecule has 0 spiro atoms. The fraction of sp³-hybridized carbons (Fsp3) is 0. The lowest BCUT2D eigenvalue weighted by molar-refractivity contribution is 0.102. The van der Waals surface area contributed by atoms with Crippen molar-refractivity contribution >= 4 is 39.3 Å². The summed E-state index contributed by atoms with van der Waals surface area (Å²) in [6.45, 7) is 0. The van der Waals surface area contributed by atoms with Crippen molar-refractivity contribution in [2.24, 2.45) is 0 Å². The molecule has 1 aromatic carbocycles. The van der Waals surface area contributed by atoms with Gasteiger partial charge in [0.05, 0.1) is 11.8 Å². The number of rotatable bonds is 4. The molecule has 0 saturated carbocycles. The number of carbonyl (C=O) groups excluding carboxylic acids is 1. The van der Waals surface area contributed by atoms with Crippen LogP contribution in [0.1, 0.15) is 10.4 Å². The Balaban J connectivity index is 1.67. The lowest BCUT2D eigenvalue weighted by Gasteiger charge is -2.05. The molecule has 0 bridgehead atoms. The molecule has 2 aromatic heterocycles. The Labute approximate surface area is 132 Å². The lowest BCUT2D eigenvalue weighted by Crippen LogP contribution is -2.11. The van der Waals surface area contributed by atoms with Crippen molar-refractivity contribution in [2.75, 3.05) is 5.32 Å². The lowest BCUT2D eigenvalue weighted by atomic mass is 10.3. The molecule has 0 atom stereocenters. The molecule has 3 rings (SSSR count). The Morgan fingerprint density at radius 3 is 2.71 bits per heavy atom. The molecule has 3 aromatic rings. The maximum atomic E-state index is 12.0. The second-order valence-corrected chi connectivity index (χ2v) is 5.76. The van der Waals surface area contributed by atoms with Crippen molar-refractivity contribution in [1.82, 2.24) is 15.2 Å². The second-order valence-electron chi connectivity index (χ2n) is 3.98. The van der Waals surface area contributed by atoms with Gasteiger partial charge >= 0.3 is 0 Å². The van der Waals surface area contributed by atoms with E-state index in [2.05, 4.69) is 36.4 Å². The third-order valence-electron chi connectivity index (χ3n) is 2.58. The highest BCUT2D eigenvalue weighted by Crippen LogP contribution is 2.25. The minimum absolute atomic E-state index is 0.230. The van der Waals surface area contributed by atoms with E-state index in [1.165, 1.54) is 24.4 Å². The topological polar surface area (TPSA) is 83.8 Å². The van der Waals surface area contributed by atoms with Crippen LogP contribution >= 0.6 is 27.7 Å². The first-order valence-electron chi connectivity index (χ1n) is 5.90. The van der Waals surface area contributed by atoms with Gasteiger partial charge in [-0.1, -0.05) is 11.8 Å². The summed E-state index contributed by atoms with van der Waals surface area (Å²) >= 11 is 4.64. The monoisotopic (exact) mass is 364 g/mol. The number of halogens is 1. The maximum Gasteiger partial charge on any atom is 0.260 e. The van der Waals surface area contributed by atoms with Crippen LogP contribution in [0.5, 0.6) is 0 Å². The largest absolute Gasteiger partial charge is 0.457 e. The van der Waals surface area contributed by atoms with E-state index < -0.39 is 0 Å². The predicted molar refractivity (Wildman–Crippen MR) is 81.3 cm³/mol. The Hall–Kier alpha value is -2.06. The third kappa shape index (κ3) is 3.34. The summed E-state index contributed by atoms with van der Waals surface area (Å²) in [4.78, 5) is 17.0. The molecule has 0 aliphatic rings. The molecule has 0 fully saturated rings. The zero-order valence-electron chi connectivity index (χ0n) is 10.5. The zero-order chi connectivity index (χ0) is 14.7. The first-order chi connectivity index (χ1) is 10.2. The Morgan fingerprint density at radius 2 is 2.10 bits per heavy atom. The SMILES string of the molecule is O=C(Nc1ccc(Sc2ncn[nH]2)cc1)c1ccoc1Br. The summed E-state index contributed by atoms with van der Waals surface area (Å²) in [6.07, 6.45) is 2.91. The van der Waals surface area contributed by atoms with Crippen LogP contribution in [-0.2, 0) is 0 Å². The van der Waals surface area contributed by atoms with Crippen molar-refractivity contribution in [3.8, 4) is 0 Å². The standard InChI is InChI=1S/C13H9BrN4O2S/c14-11-10(5-6-20-11)12(19)17-8-1-3-9(4-2-8)21-13-15-7-16-18-13/h1-7H,(H,17,19)(H,15,16,18). The first kappa shape index (κ1) is 13.9. The number of nitrogens with one attached hydrogen (secondary N) is 2. The highest BCUT2D eigenvalue weighted by atomic mass is 79.9. The number of aromatic nitrogens is 3. The molecular weight excluding hydrogens is 356 g/mol. The smallest absolute Gasteiger partial charge is 0.260 e. The van der Waals surface area contributed by atoms with Gasteiger partial charge in [0.25, 0.3) is 5.91 Å². The van der Waals surface area contributed by atoms with Gasteiger partial charge in [-0.25, -0.2) is 4.98 Å². The molecule has 21 heavy (non-hydrogen) atoms. The van der Waals surface area contributed by atoms with Crippen LogP contribution < -0.4 is 5.32 Å². The van der Waals surface area contributed by atoms with E-state index in [0.29, 0.717) is 21.1 Å². The third-order valence-corrected chi connectivity index (χ3v) is 4.09. The molecule has 2 N–H and O–H groups in total. The van der Waals surface area contributed by atoms with Crippen molar-refractivity contribution in [3.05, 3.63) is 53.2 Å². The van der Waals surface area contributed by atoms with Gasteiger partial charge < -0.3 is 9.73 Å². The van der Waals surface area contributed by atoms with Crippen LogP contribution in [0, 0.1) is 0 Å². The summed E-state index contributed by atoms with van der Waals surface area (Å²) in [5, 5.41) is 10.1. The number of nitrogens with zero attached hydrogens (tertiary/aromatic N) is 2. The minimum atomic E-state index is -0.230. The molecule has 8 heteroatoms. The van der Waals surface area contributed by atoms with Crippen molar-refractivity contribution in [1.29, 1.82) is 0 Å². The quantitative estimate of drug-likeness (QED) is 0.739. The van der Waals surface area contributed by atoms with Crippen molar-refractivity contribution in [2.45, 2.75) is 10.1 Å². The van der Waals surface area contributed by atoms with Crippen LogP contribution in [-0.4, -0.2) is 21.1 Å². The maximum absolute atomic E-state index is 12.0. The molecule has 0 aliphatic carbocycles. The van der Waals surface area contributed by atoms with E-state index in [1.807, 2.05) is 24.3 Å². The number of hydrogen-bond acceptors (Lipinski definition) is 5. The molecule has 0 aliphatic heterocycles. The van der Waals surface area contributed by atoms with E-state index in [1.54, 1.807) is 6.07 Å². The molecule has 1 amide bonds. The average Bonchev–Trinajstić information content (AvgIpc) is 3.12. The van der Waals surface area contributed by atoms with E-state index in [0.717, 1.165) is 4.90 Å². The van der Waals surface area contributed by atoms with Crippen molar-refractivity contribution in [3.63, 3.8) is 0 Å². The van der Waals surface area contributed by atoms with Gasteiger partial charge in [-0.05, 0) is 46.3 Å². The van der Waals surface area contributed by atoms with Gasteiger partial charge in [0.2, 0.25) is 0 Å². The van der Waals surface area contributed by atoms with E-state index in [4.69, 9.17) is 4.42 Å². The fourth-order valence-electron chi connectivity index (χ4n) is 1.62. The molecule has 6 nitrogen and oxygen atoms in total. The number of hydrogen-bond donors (Lipinski definition) is 2. The number of anilines is 1. The van der Waals surface area contributed by atoms with Gasteiger partial charge in [-0.2, -0.15) is 5.10 Å². The second kappa shape index (κ2) is 6.15. The minimum Gasteiger partial charge on any atom is -0.457 e. The van der Waals surface area contributed by atoms with Crippen LogP contribution in [0.25, 0.3) is 0 Å². The van der Waals surface area contributed by atoms with Gasteiger partial charge in [0.15, 0.2) is 9.83 Å². The van der Waals surface area contributed by atoms with Gasteiger partial charge in [-0.15, -0.1) is 0 Å². The molecule has 0 radical (unpaired) electrons. The van der Waals surface area contributed by atoms with Gasteiger partial charge in [0, 0.05) is 10.6 Å². The number of furan rings is 1. The number of amides is 1. The number of aromatic amines is 1. The summed E-state index contributed by atoms with van der Waals surface area (Å²) < 4.78 is 5.45. The Morgan fingerprint density at radius 1 is 1.29 bits per heavy atom. The van der Waals surface area contributed by atoms with Crippen LogP contribution in [0.2, 0.25) is 0 Å². The Kier molecular flexibility index (Phi) is 4.07. The molecule has 2 heterocycles. The normalized spacial score (nSPS) is 10.5. The van der Waals surface area contributed by atoms with Gasteiger partial charge in [-0.3, -0.25) is 9.89 Å². The molecule has 106 valence electrons. The average molecular weight is 365 g/mol. The predicted octanol–water partition coefficient (Wildman–Crippen LogP) is 3.56. The highest BCUT2D eigenvalue weighted by molar-refractivity contribution is 9.10. The summed E-state index contributed by atoms with van der Waals surface area (Å²) in [5.74, 6) is -0.230. The summed E-state index contributed by atoms with van der Waals surface area (Å²) in [5.41, 5.74) is 1.16. The Bertz CT molecular complexity index is 740. The van der Waals surface area contributed by atoms with Crippen LogP contribution in [0.4, 0.5) is 5.69 Å². The van der Waals surface area contributed by atoms with Crippen molar-refractivity contribution < 1.29 is 9.21 Å². The first-order valence-corrected chi connectivity index (χ1v) is 7.51. The highest BCUT2D eigenvalue weighted by Gasteiger charge is 2.12. The molecular formula is C13H9BrN4O2S. The van der Waals surface area contributed by atoms with E-state index in [9.17, 15) is 4.79 Å². The zero-order valence-corrected chi connectivity index (χ0v) is 12.9. The summed E-state index contributed by atoms with van der Waals surface area (Å²) in [7, 11) is 0. The van der Waals surface area contributed by atoms with Gasteiger partial charge in [0.1, 0.15) is 6.33 Å². The van der Waals surface area contributed by atoms with E-state index >= 15 is 0 Å². The molecule has 0 saturated heterocycles. The number of benzene rings is 1. The van der Waals surface area contributed by atoms with Crippen LogP contribution in [0.3, 0.4) is 0 Å².